The standard InChI is InChI=1S/C13H15N3O3/c1-13(2,8-17)15-10-5-6-11(16(18)19)12-9(10)4-3-7-14-12/h3-7,15,17H,8H2,1-2H3. The van der Waals surface area contributed by atoms with Gasteiger partial charge in [0.25, 0.3) is 5.69 Å². The van der Waals surface area contributed by atoms with E-state index in [9.17, 15) is 15.2 Å². The second-order valence-corrected chi connectivity index (χ2v) is 4.96. The lowest BCUT2D eigenvalue weighted by atomic mass is 10.0. The SMILES string of the molecule is CC(C)(CO)Nc1ccc([N+](=O)[O-])c2ncccc12. The van der Waals surface area contributed by atoms with Gasteiger partial charge in [0.1, 0.15) is 5.52 Å². The van der Waals surface area contributed by atoms with E-state index in [1.807, 2.05) is 13.8 Å². The second kappa shape index (κ2) is 4.81. The quantitative estimate of drug-likeness (QED) is 0.651. The van der Waals surface area contributed by atoms with Crippen molar-refractivity contribution in [3.63, 3.8) is 0 Å². The predicted molar refractivity (Wildman–Crippen MR) is 73.2 cm³/mol. The molecule has 0 aliphatic rings. The molecule has 0 fully saturated rings. The van der Waals surface area contributed by atoms with Gasteiger partial charge in [-0.05, 0) is 32.0 Å². The fourth-order valence-electron chi connectivity index (χ4n) is 1.82. The number of nitro groups is 1. The molecule has 0 bridgehead atoms. The molecule has 0 unspecified atom stereocenters. The van der Waals surface area contributed by atoms with Crippen molar-refractivity contribution in [2.75, 3.05) is 11.9 Å². The average Bonchev–Trinajstić information content (AvgIpc) is 2.38. The summed E-state index contributed by atoms with van der Waals surface area (Å²) < 4.78 is 0. The summed E-state index contributed by atoms with van der Waals surface area (Å²) >= 11 is 0. The van der Waals surface area contributed by atoms with E-state index in [0.717, 1.165) is 0 Å². The number of anilines is 1. The highest BCUT2D eigenvalue weighted by Crippen LogP contribution is 2.31. The van der Waals surface area contributed by atoms with Gasteiger partial charge < -0.3 is 10.4 Å². The molecular weight excluding hydrogens is 246 g/mol. The molecule has 2 rings (SSSR count). The van der Waals surface area contributed by atoms with Gasteiger partial charge in [-0.15, -0.1) is 0 Å². The van der Waals surface area contributed by atoms with Crippen LogP contribution >= 0.6 is 0 Å². The van der Waals surface area contributed by atoms with Crippen LogP contribution in [0.3, 0.4) is 0 Å². The third kappa shape index (κ3) is 2.63. The van der Waals surface area contributed by atoms with Crippen molar-refractivity contribution < 1.29 is 10.0 Å². The van der Waals surface area contributed by atoms with Crippen LogP contribution in [0.5, 0.6) is 0 Å². The van der Waals surface area contributed by atoms with E-state index in [0.29, 0.717) is 16.6 Å². The predicted octanol–water partition coefficient (Wildman–Crippen LogP) is 2.33. The first-order valence-corrected chi connectivity index (χ1v) is 5.86. The molecule has 0 radical (unpaired) electrons. The number of aliphatic hydroxyl groups excluding tert-OH is 1. The molecule has 0 aliphatic heterocycles. The summed E-state index contributed by atoms with van der Waals surface area (Å²) in [6.07, 6.45) is 1.52. The molecule has 100 valence electrons. The summed E-state index contributed by atoms with van der Waals surface area (Å²) in [6, 6.07) is 6.55. The van der Waals surface area contributed by atoms with Gasteiger partial charge in [-0.25, -0.2) is 4.98 Å². The number of hydrogen-bond donors (Lipinski definition) is 2. The van der Waals surface area contributed by atoms with Crippen molar-refractivity contribution in [3.05, 3.63) is 40.6 Å². The molecule has 6 heteroatoms. The van der Waals surface area contributed by atoms with E-state index >= 15 is 0 Å². The lowest BCUT2D eigenvalue weighted by molar-refractivity contribution is -0.383. The van der Waals surface area contributed by atoms with Crippen molar-refractivity contribution >= 4 is 22.3 Å². The number of aliphatic hydroxyl groups is 1. The fraction of sp³-hybridized carbons (Fsp3) is 0.308. The highest BCUT2D eigenvalue weighted by atomic mass is 16.6. The zero-order valence-corrected chi connectivity index (χ0v) is 10.8. The number of hydrogen-bond acceptors (Lipinski definition) is 5. The zero-order valence-electron chi connectivity index (χ0n) is 10.8. The highest BCUT2D eigenvalue weighted by molar-refractivity contribution is 5.97. The van der Waals surface area contributed by atoms with Crippen LogP contribution in [0.1, 0.15) is 13.8 Å². The van der Waals surface area contributed by atoms with Gasteiger partial charge in [-0.2, -0.15) is 0 Å². The molecule has 2 N–H and O–H groups in total. The molecule has 1 heterocycles. The number of non-ortho nitro benzene ring substituents is 1. The monoisotopic (exact) mass is 261 g/mol. The summed E-state index contributed by atoms with van der Waals surface area (Å²) in [5.41, 5.74) is 0.515. The lowest BCUT2D eigenvalue weighted by Gasteiger charge is -2.25. The Morgan fingerprint density at radius 2 is 2.16 bits per heavy atom. The molecular formula is C13H15N3O3. The summed E-state index contributed by atoms with van der Waals surface area (Å²) in [6.45, 7) is 3.64. The van der Waals surface area contributed by atoms with E-state index in [4.69, 9.17) is 0 Å². The van der Waals surface area contributed by atoms with Gasteiger partial charge in [-0.3, -0.25) is 10.1 Å². The van der Waals surface area contributed by atoms with Crippen LogP contribution < -0.4 is 5.32 Å². The number of pyridine rings is 1. The fourth-order valence-corrected chi connectivity index (χ4v) is 1.82. The van der Waals surface area contributed by atoms with Crippen LogP contribution in [-0.2, 0) is 0 Å². The Morgan fingerprint density at radius 1 is 1.42 bits per heavy atom. The van der Waals surface area contributed by atoms with Gasteiger partial charge in [0.2, 0.25) is 0 Å². The molecule has 0 spiro atoms. The van der Waals surface area contributed by atoms with Crippen LogP contribution in [0.2, 0.25) is 0 Å². The Labute approximate surface area is 110 Å². The molecule has 6 nitrogen and oxygen atoms in total. The number of fused-ring (bicyclic) bond motifs is 1. The zero-order chi connectivity index (χ0) is 14.0. The maximum absolute atomic E-state index is 11.0. The third-order valence-corrected chi connectivity index (χ3v) is 2.81. The van der Waals surface area contributed by atoms with E-state index in [-0.39, 0.29) is 12.3 Å². The van der Waals surface area contributed by atoms with Crippen LogP contribution in [0.25, 0.3) is 10.9 Å². The third-order valence-electron chi connectivity index (χ3n) is 2.81. The Bertz CT molecular complexity index is 626. The minimum absolute atomic E-state index is 0.0250. The first-order chi connectivity index (χ1) is 8.94. The topological polar surface area (TPSA) is 88.3 Å². The van der Waals surface area contributed by atoms with Gasteiger partial charge in [-0.1, -0.05) is 0 Å². The van der Waals surface area contributed by atoms with Gasteiger partial charge in [0.15, 0.2) is 0 Å². The number of nitro benzene ring substituents is 1. The molecule has 0 amide bonds. The van der Waals surface area contributed by atoms with Crippen molar-refractivity contribution in [1.29, 1.82) is 0 Å². The number of rotatable bonds is 4. The number of nitrogens with one attached hydrogen (secondary N) is 1. The number of aromatic nitrogens is 1. The Kier molecular flexibility index (Phi) is 3.35. The molecule has 0 saturated heterocycles. The second-order valence-electron chi connectivity index (χ2n) is 4.96. The normalized spacial score (nSPS) is 11.5. The largest absolute Gasteiger partial charge is 0.394 e. The van der Waals surface area contributed by atoms with E-state index in [1.165, 1.54) is 12.3 Å². The Morgan fingerprint density at radius 3 is 2.79 bits per heavy atom. The highest BCUT2D eigenvalue weighted by Gasteiger charge is 2.20. The van der Waals surface area contributed by atoms with Crippen molar-refractivity contribution in [2.24, 2.45) is 0 Å². The molecule has 2 aromatic rings. The Balaban J connectivity index is 2.59. The van der Waals surface area contributed by atoms with E-state index in [2.05, 4.69) is 10.3 Å². The van der Waals surface area contributed by atoms with Crippen molar-refractivity contribution in [2.45, 2.75) is 19.4 Å². The first kappa shape index (κ1) is 13.2. The lowest BCUT2D eigenvalue weighted by Crippen LogP contribution is -2.34. The van der Waals surface area contributed by atoms with Gasteiger partial charge in [0, 0.05) is 23.3 Å². The molecule has 0 atom stereocenters. The van der Waals surface area contributed by atoms with Crippen LogP contribution in [0, 0.1) is 10.1 Å². The average molecular weight is 261 g/mol. The van der Waals surface area contributed by atoms with Crippen LogP contribution in [-0.4, -0.2) is 27.2 Å². The minimum Gasteiger partial charge on any atom is -0.394 e. The summed E-state index contributed by atoms with van der Waals surface area (Å²) in [5.74, 6) is 0. The molecule has 1 aromatic carbocycles. The molecule has 0 saturated carbocycles. The van der Waals surface area contributed by atoms with Crippen molar-refractivity contribution in [1.82, 2.24) is 4.98 Å². The summed E-state index contributed by atoms with van der Waals surface area (Å²) in [4.78, 5) is 14.6. The van der Waals surface area contributed by atoms with Crippen LogP contribution in [0.15, 0.2) is 30.5 Å². The maximum atomic E-state index is 11.0. The van der Waals surface area contributed by atoms with Crippen LogP contribution in [0.4, 0.5) is 11.4 Å². The van der Waals surface area contributed by atoms with E-state index in [1.54, 1.807) is 18.2 Å². The smallest absolute Gasteiger partial charge is 0.295 e. The minimum atomic E-state index is -0.515. The van der Waals surface area contributed by atoms with E-state index < -0.39 is 10.5 Å². The van der Waals surface area contributed by atoms with Gasteiger partial charge >= 0.3 is 0 Å². The molecule has 19 heavy (non-hydrogen) atoms. The number of benzene rings is 1. The summed E-state index contributed by atoms with van der Waals surface area (Å²) in [5, 5.41) is 24.1. The molecule has 1 aromatic heterocycles. The van der Waals surface area contributed by atoms with Crippen molar-refractivity contribution in [3.8, 4) is 0 Å². The first-order valence-electron chi connectivity index (χ1n) is 5.86. The Hall–Kier alpha value is -2.21. The molecule has 0 aliphatic carbocycles. The summed E-state index contributed by atoms with van der Waals surface area (Å²) in [7, 11) is 0. The van der Waals surface area contributed by atoms with Gasteiger partial charge in [0.05, 0.1) is 17.1 Å². The number of nitrogens with zero attached hydrogens (tertiary/aromatic N) is 2. The maximum Gasteiger partial charge on any atom is 0.295 e.